The summed E-state index contributed by atoms with van der Waals surface area (Å²) in [5.41, 5.74) is 0.369. The molecule has 2 aromatic heterocycles. The summed E-state index contributed by atoms with van der Waals surface area (Å²) < 4.78 is 12.2. The fourth-order valence-electron chi connectivity index (χ4n) is 2.99. The maximum Gasteiger partial charge on any atom is 0.255 e. The van der Waals surface area contributed by atoms with Crippen molar-refractivity contribution in [3.05, 3.63) is 29.0 Å². The number of aliphatic hydroxyl groups excluding tert-OH is 2. The summed E-state index contributed by atoms with van der Waals surface area (Å²) in [6.07, 6.45) is 1.34. The minimum atomic E-state index is -1.34. The number of fused-ring (bicyclic) bond motifs is 1. The van der Waals surface area contributed by atoms with Gasteiger partial charge in [0.05, 0.1) is 40.5 Å². The highest BCUT2D eigenvalue weighted by molar-refractivity contribution is 6.35. The van der Waals surface area contributed by atoms with Crippen LogP contribution in [0.2, 0.25) is 5.02 Å². The SMILES string of the molecule is CC(C)(C)OC(O)n1cc(C(=O)N[C@H]2CCOC[C@@H]2O)c2nccc(Cl)c21. The van der Waals surface area contributed by atoms with E-state index in [4.69, 9.17) is 21.1 Å². The van der Waals surface area contributed by atoms with E-state index in [9.17, 15) is 15.0 Å². The fourth-order valence-corrected chi connectivity index (χ4v) is 3.23. The summed E-state index contributed by atoms with van der Waals surface area (Å²) in [6, 6.07) is 1.16. The largest absolute Gasteiger partial charge is 0.389 e. The second-order valence-electron chi connectivity index (χ2n) is 7.51. The number of carbonyl (C=O) groups excluding carboxylic acids is 1. The third kappa shape index (κ3) is 4.41. The number of carbonyl (C=O) groups is 1. The van der Waals surface area contributed by atoms with Gasteiger partial charge in [-0.3, -0.25) is 14.3 Å². The Hall–Kier alpha value is -1.71. The number of ether oxygens (including phenoxy) is 2. The Morgan fingerprint density at radius 1 is 1.52 bits per heavy atom. The van der Waals surface area contributed by atoms with Crippen LogP contribution in [0.15, 0.2) is 18.5 Å². The molecule has 1 aliphatic heterocycles. The molecule has 0 aromatic carbocycles. The molecule has 9 heteroatoms. The molecule has 1 fully saturated rings. The maximum atomic E-state index is 12.8. The third-order valence-electron chi connectivity index (χ3n) is 4.24. The molecular weight excluding hydrogens is 374 g/mol. The summed E-state index contributed by atoms with van der Waals surface area (Å²) in [5, 5.41) is 23.6. The number of nitrogens with zero attached hydrogens (tertiary/aromatic N) is 2. The van der Waals surface area contributed by atoms with Crippen molar-refractivity contribution in [3.8, 4) is 0 Å². The fraction of sp³-hybridized carbons (Fsp3) is 0.556. The zero-order valence-electron chi connectivity index (χ0n) is 15.5. The predicted molar refractivity (Wildman–Crippen MR) is 99.5 cm³/mol. The average Bonchev–Trinajstić information content (AvgIpc) is 2.97. The van der Waals surface area contributed by atoms with Gasteiger partial charge in [-0.15, -0.1) is 0 Å². The van der Waals surface area contributed by atoms with Gasteiger partial charge in [-0.1, -0.05) is 11.6 Å². The van der Waals surface area contributed by atoms with Gasteiger partial charge in [0.25, 0.3) is 5.91 Å². The van der Waals surface area contributed by atoms with Crippen LogP contribution >= 0.6 is 11.6 Å². The number of pyridine rings is 1. The predicted octanol–water partition coefficient (Wildman–Crippen LogP) is 1.83. The van der Waals surface area contributed by atoms with Crippen LogP contribution in [-0.4, -0.2) is 56.6 Å². The topological polar surface area (TPSA) is 106 Å². The lowest BCUT2D eigenvalue weighted by Gasteiger charge is -2.28. The number of amides is 1. The van der Waals surface area contributed by atoms with E-state index in [1.54, 1.807) is 6.07 Å². The lowest BCUT2D eigenvalue weighted by Crippen LogP contribution is -2.48. The van der Waals surface area contributed by atoms with Crippen molar-refractivity contribution < 1.29 is 24.5 Å². The van der Waals surface area contributed by atoms with E-state index in [-0.39, 0.29) is 12.2 Å². The third-order valence-corrected chi connectivity index (χ3v) is 4.55. The maximum absolute atomic E-state index is 12.8. The van der Waals surface area contributed by atoms with Gasteiger partial charge in [0.2, 0.25) is 6.41 Å². The summed E-state index contributed by atoms with van der Waals surface area (Å²) in [7, 11) is 0. The number of hydrogen-bond acceptors (Lipinski definition) is 6. The number of aliphatic hydroxyl groups is 2. The van der Waals surface area contributed by atoms with E-state index in [1.807, 2.05) is 20.8 Å². The molecule has 0 bridgehead atoms. The second kappa shape index (κ2) is 7.73. The Morgan fingerprint density at radius 3 is 2.93 bits per heavy atom. The molecule has 0 saturated carbocycles. The molecule has 1 aliphatic rings. The number of aromatic nitrogens is 2. The molecule has 27 heavy (non-hydrogen) atoms. The van der Waals surface area contributed by atoms with Crippen LogP contribution in [0.3, 0.4) is 0 Å². The number of nitrogens with one attached hydrogen (secondary N) is 1. The first-order valence-electron chi connectivity index (χ1n) is 8.75. The van der Waals surface area contributed by atoms with Crippen molar-refractivity contribution in [2.75, 3.05) is 13.2 Å². The second-order valence-corrected chi connectivity index (χ2v) is 7.91. The number of rotatable bonds is 4. The van der Waals surface area contributed by atoms with E-state index >= 15 is 0 Å². The standard InChI is InChI=1S/C18H24ClN3O5/c1-18(2,3)27-17(25)22-8-10(14-15(22)11(19)4-6-20-14)16(24)21-12-5-7-26-9-13(12)23/h4,6,8,12-13,17,23,25H,5,7,9H2,1-3H3,(H,21,24)/t12-,13-,17?/m0/s1. The minimum Gasteiger partial charge on any atom is -0.389 e. The van der Waals surface area contributed by atoms with Crippen molar-refractivity contribution in [2.24, 2.45) is 0 Å². The van der Waals surface area contributed by atoms with Crippen LogP contribution in [0.1, 0.15) is 44.0 Å². The molecule has 8 nitrogen and oxygen atoms in total. The molecule has 0 spiro atoms. The van der Waals surface area contributed by atoms with Gasteiger partial charge in [0, 0.05) is 19.0 Å². The summed E-state index contributed by atoms with van der Waals surface area (Å²) in [5.74, 6) is -0.414. The molecule has 0 radical (unpaired) electrons. The lowest BCUT2D eigenvalue weighted by molar-refractivity contribution is -0.207. The first-order chi connectivity index (χ1) is 12.7. The Bertz CT molecular complexity index is 832. The Balaban J connectivity index is 1.96. The monoisotopic (exact) mass is 397 g/mol. The average molecular weight is 398 g/mol. The summed E-state index contributed by atoms with van der Waals surface area (Å²) in [6.45, 7) is 6.06. The van der Waals surface area contributed by atoms with Crippen LogP contribution in [0.25, 0.3) is 11.0 Å². The van der Waals surface area contributed by atoms with Crippen molar-refractivity contribution in [2.45, 2.75) is 51.4 Å². The lowest BCUT2D eigenvalue weighted by atomic mass is 10.1. The van der Waals surface area contributed by atoms with E-state index in [2.05, 4.69) is 10.3 Å². The smallest absolute Gasteiger partial charge is 0.255 e. The van der Waals surface area contributed by atoms with Crippen LogP contribution < -0.4 is 5.32 Å². The highest BCUT2D eigenvalue weighted by Gasteiger charge is 2.29. The molecule has 3 N–H and O–H groups in total. The van der Waals surface area contributed by atoms with E-state index in [0.717, 1.165) is 0 Å². The van der Waals surface area contributed by atoms with Crippen molar-refractivity contribution in [1.29, 1.82) is 0 Å². The Labute approximate surface area is 162 Å². The van der Waals surface area contributed by atoms with Gasteiger partial charge < -0.3 is 25.0 Å². The van der Waals surface area contributed by atoms with Gasteiger partial charge in [0.15, 0.2) is 0 Å². The van der Waals surface area contributed by atoms with Crippen molar-refractivity contribution >= 4 is 28.5 Å². The first-order valence-corrected chi connectivity index (χ1v) is 9.13. The molecule has 3 heterocycles. The van der Waals surface area contributed by atoms with E-state index in [0.29, 0.717) is 29.1 Å². The Kier molecular flexibility index (Phi) is 5.73. The quantitative estimate of drug-likeness (QED) is 0.680. The molecule has 148 valence electrons. The van der Waals surface area contributed by atoms with Gasteiger partial charge in [0.1, 0.15) is 5.52 Å². The van der Waals surface area contributed by atoms with Crippen LogP contribution in [0.4, 0.5) is 0 Å². The highest BCUT2D eigenvalue weighted by Crippen LogP contribution is 2.30. The molecule has 1 saturated heterocycles. The normalized spacial score (nSPS) is 22.0. The minimum absolute atomic E-state index is 0.176. The summed E-state index contributed by atoms with van der Waals surface area (Å²) >= 11 is 6.29. The van der Waals surface area contributed by atoms with Crippen molar-refractivity contribution in [3.63, 3.8) is 0 Å². The van der Waals surface area contributed by atoms with E-state index in [1.165, 1.54) is 17.0 Å². The summed E-state index contributed by atoms with van der Waals surface area (Å²) in [4.78, 5) is 17.1. The highest BCUT2D eigenvalue weighted by atomic mass is 35.5. The first kappa shape index (κ1) is 20.0. The zero-order valence-corrected chi connectivity index (χ0v) is 16.2. The van der Waals surface area contributed by atoms with Crippen molar-refractivity contribution in [1.82, 2.24) is 14.9 Å². The van der Waals surface area contributed by atoms with Gasteiger partial charge in [-0.05, 0) is 33.3 Å². The molecule has 3 rings (SSSR count). The van der Waals surface area contributed by atoms with Gasteiger partial charge >= 0.3 is 0 Å². The van der Waals surface area contributed by atoms with E-state index < -0.39 is 30.1 Å². The molecule has 1 amide bonds. The molecule has 0 aliphatic carbocycles. The zero-order chi connectivity index (χ0) is 19.8. The van der Waals surface area contributed by atoms with Gasteiger partial charge in [-0.2, -0.15) is 0 Å². The van der Waals surface area contributed by atoms with Crippen LogP contribution in [0.5, 0.6) is 0 Å². The number of hydrogen-bond donors (Lipinski definition) is 3. The molecule has 3 atom stereocenters. The number of halogens is 1. The van der Waals surface area contributed by atoms with Crippen LogP contribution in [0, 0.1) is 0 Å². The Morgan fingerprint density at radius 2 is 2.26 bits per heavy atom. The molecule has 2 aromatic rings. The van der Waals surface area contributed by atoms with Gasteiger partial charge in [-0.25, -0.2) is 0 Å². The van der Waals surface area contributed by atoms with Crippen LogP contribution in [-0.2, 0) is 9.47 Å². The molecular formula is C18H24ClN3O5. The molecule has 1 unspecified atom stereocenters.